The monoisotopic (exact) mass is 143 g/mol. The van der Waals surface area contributed by atoms with Gasteiger partial charge in [0.05, 0.1) is 5.69 Å². The Labute approximate surface area is 58.2 Å². The van der Waals surface area contributed by atoms with Gasteiger partial charge in [0.2, 0.25) is 0 Å². The first-order valence-corrected chi connectivity index (χ1v) is 2.53. The lowest BCUT2D eigenvalue weighted by atomic mass is 10.3. The van der Waals surface area contributed by atoms with Crippen LogP contribution in [0.3, 0.4) is 0 Å². The zero-order valence-electron chi connectivity index (χ0n) is 5.23. The van der Waals surface area contributed by atoms with Gasteiger partial charge in [-0.25, -0.2) is 0 Å². The molecule has 0 radical (unpaired) electrons. The Morgan fingerprint density at radius 3 is 1.80 bits per heavy atom. The Balaban J connectivity index is 0.000000810. The fraction of sp³-hybridized carbons (Fsp3) is 0. The predicted molar refractivity (Wildman–Crippen MR) is 36.1 cm³/mol. The molecule has 0 saturated heterocycles. The van der Waals surface area contributed by atoms with Gasteiger partial charge in [-0.15, -0.1) is 5.23 Å². The van der Waals surface area contributed by atoms with Crippen LogP contribution in [0.15, 0.2) is 30.3 Å². The van der Waals surface area contributed by atoms with Gasteiger partial charge < -0.3 is 5.48 Å². The minimum Gasteiger partial charge on any atom is -0.412 e. The zero-order chi connectivity index (χ0) is 6.69. The van der Waals surface area contributed by atoms with Crippen molar-refractivity contribution in [2.45, 2.75) is 0 Å². The molecule has 56 valence electrons. The summed E-state index contributed by atoms with van der Waals surface area (Å²) in [5.41, 5.74) is 0.359. The lowest BCUT2D eigenvalue weighted by Gasteiger charge is -2.05. The van der Waals surface area contributed by atoms with Gasteiger partial charge in [-0.2, -0.15) is 0 Å². The van der Waals surface area contributed by atoms with Gasteiger partial charge in [0.25, 0.3) is 0 Å². The van der Waals surface area contributed by atoms with Crippen molar-refractivity contribution < 1.29 is 15.9 Å². The van der Waals surface area contributed by atoms with Crippen molar-refractivity contribution in [3.05, 3.63) is 30.3 Å². The van der Waals surface area contributed by atoms with Crippen LogP contribution >= 0.6 is 0 Å². The van der Waals surface area contributed by atoms with E-state index in [9.17, 15) is 0 Å². The first kappa shape index (κ1) is 8.90. The molecule has 0 fully saturated rings. The van der Waals surface area contributed by atoms with E-state index < -0.39 is 0 Å². The van der Waals surface area contributed by atoms with Gasteiger partial charge in [-0.05, 0) is 12.1 Å². The topological polar surface area (TPSA) is 75.2 Å². The number of anilines is 1. The van der Waals surface area contributed by atoms with E-state index >= 15 is 0 Å². The van der Waals surface area contributed by atoms with E-state index in [-0.39, 0.29) is 10.7 Å². The van der Waals surface area contributed by atoms with E-state index in [2.05, 4.69) is 0 Å². The Bertz CT molecular complexity index is 176. The molecule has 0 aliphatic heterocycles. The van der Waals surface area contributed by atoms with Crippen LogP contribution in [0, 0.1) is 0 Å². The molecule has 1 rings (SSSR count). The van der Waals surface area contributed by atoms with Crippen LogP contribution < -0.4 is 5.23 Å². The van der Waals surface area contributed by atoms with Crippen molar-refractivity contribution >= 4 is 5.69 Å². The molecule has 0 aliphatic rings. The summed E-state index contributed by atoms with van der Waals surface area (Å²) in [6.45, 7) is 0. The normalized spacial score (nSPS) is 8.20. The van der Waals surface area contributed by atoms with Crippen molar-refractivity contribution in [2.75, 3.05) is 5.23 Å². The molecule has 0 atom stereocenters. The lowest BCUT2D eigenvalue weighted by Crippen LogP contribution is -2.10. The summed E-state index contributed by atoms with van der Waals surface area (Å²) in [5, 5.41) is 16.9. The van der Waals surface area contributed by atoms with Gasteiger partial charge in [0.15, 0.2) is 0 Å². The molecule has 1 aromatic rings. The fourth-order valence-corrected chi connectivity index (χ4v) is 0.561. The van der Waals surface area contributed by atoms with Gasteiger partial charge in [-0.3, -0.25) is 10.4 Å². The molecule has 4 N–H and O–H groups in total. The van der Waals surface area contributed by atoms with Crippen LogP contribution in [0.4, 0.5) is 5.69 Å². The summed E-state index contributed by atoms with van der Waals surface area (Å²) in [5.74, 6) is 0. The molecule has 0 amide bonds. The molecular weight excluding hydrogens is 134 g/mol. The molecule has 0 aliphatic carbocycles. The molecule has 0 aromatic heterocycles. The summed E-state index contributed by atoms with van der Waals surface area (Å²) >= 11 is 0. The molecule has 0 bridgehead atoms. The standard InChI is InChI=1S/C6H7NO2.H2O/c8-7(9)6-4-2-1-3-5-6;/h1-5,8-9H;1H2. The van der Waals surface area contributed by atoms with E-state index in [1.165, 1.54) is 0 Å². The molecule has 10 heavy (non-hydrogen) atoms. The van der Waals surface area contributed by atoms with E-state index in [1.807, 2.05) is 0 Å². The second-order valence-corrected chi connectivity index (χ2v) is 1.62. The highest BCUT2D eigenvalue weighted by molar-refractivity contribution is 5.39. The van der Waals surface area contributed by atoms with Gasteiger partial charge in [-0.1, -0.05) is 18.2 Å². The SMILES string of the molecule is O.ON(O)c1ccccc1. The third kappa shape index (κ3) is 2.02. The number of hydrogen-bond acceptors (Lipinski definition) is 3. The third-order valence-electron chi connectivity index (χ3n) is 0.987. The Morgan fingerprint density at radius 1 is 1.00 bits per heavy atom. The lowest BCUT2D eigenvalue weighted by molar-refractivity contribution is 0.0291. The largest absolute Gasteiger partial charge is 0.412 e. The number of rotatable bonds is 1. The average Bonchev–Trinajstić information content (AvgIpc) is 1.90. The number of para-hydroxylation sites is 1. The Morgan fingerprint density at radius 2 is 1.50 bits per heavy atom. The number of nitrogens with zero attached hydrogens (tertiary/aromatic N) is 1. The maximum Gasteiger partial charge on any atom is 0.0942 e. The summed E-state index contributed by atoms with van der Waals surface area (Å²) in [4.78, 5) is 0. The van der Waals surface area contributed by atoms with Crippen molar-refractivity contribution in [3.63, 3.8) is 0 Å². The third-order valence-corrected chi connectivity index (χ3v) is 0.987. The second-order valence-electron chi connectivity index (χ2n) is 1.62. The smallest absolute Gasteiger partial charge is 0.0942 e. The highest BCUT2D eigenvalue weighted by atomic mass is 16.8. The maximum atomic E-state index is 8.41. The number of hydrogen-bond donors (Lipinski definition) is 2. The van der Waals surface area contributed by atoms with Crippen LogP contribution in [0.25, 0.3) is 0 Å². The predicted octanol–water partition coefficient (Wildman–Crippen LogP) is 0.447. The van der Waals surface area contributed by atoms with Crippen molar-refractivity contribution in [1.29, 1.82) is 0 Å². The van der Waals surface area contributed by atoms with Crippen LogP contribution in [0.1, 0.15) is 0 Å². The Hall–Kier alpha value is -1.10. The first-order valence-electron chi connectivity index (χ1n) is 2.53. The van der Waals surface area contributed by atoms with Crippen LogP contribution in [-0.2, 0) is 0 Å². The molecular formula is C6H9NO3. The Kier molecular flexibility index (Phi) is 3.42. The molecule has 4 heteroatoms. The average molecular weight is 143 g/mol. The molecule has 1 aromatic carbocycles. The van der Waals surface area contributed by atoms with Gasteiger partial charge >= 0.3 is 0 Å². The molecule has 0 unspecified atom stereocenters. The summed E-state index contributed by atoms with van der Waals surface area (Å²) in [6.07, 6.45) is 0. The molecule has 0 saturated carbocycles. The first-order chi connectivity index (χ1) is 4.30. The minimum absolute atomic E-state index is 0. The fourth-order valence-electron chi connectivity index (χ4n) is 0.561. The van der Waals surface area contributed by atoms with Crippen molar-refractivity contribution in [3.8, 4) is 0 Å². The van der Waals surface area contributed by atoms with E-state index in [0.717, 1.165) is 0 Å². The maximum absolute atomic E-state index is 8.41. The van der Waals surface area contributed by atoms with Crippen LogP contribution in [0.5, 0.6) is 0 Å². The minimum atomic E-state index is 0. The summed E-state index contributed by atoms with van der Waals surface area (Å²) < 4.78 is 0. The van der Waals surface area contributed by atoms with Crippen molar-refractivity contribution in [2.24, 2.45) is 0 Å². The zero-order valence-corrected chi connectivity index (χ0v) is 5.23. The van der Waals surface area contributed by atoms with Gasteiger partial charge in [0.1, 0.15) is 0 Å². The molecule has 0 heterocycles. The number of benzene rings is 1. The summed E-state index contributed by atoms with van der Waals surface area (Å²) in [6, 6.07) is 8.40. The van der Waals surface area contributed by atoms with E-state index in [4.69, 9.17) is 10.4 Å². The van der Waals surface area contributed by atoms with E-state index in [0.29, 0.717) is 5.69 Å². The molecule has 0 spiro atoms. The summed E-state index contributed by atoms with van der Waals surface area (Å²) in [7, 11) is 0. The van der Waals surface area contributed by atoms with Gasteiger partial charge in [0, 0.05) is 0 Å². The quantitative estimate of drug-likeness (QED) is 0.560. The van der Waals surface area contributed by atoms with Crippen molar-refractivity contribution in [1.82, 2.24) is 0 Å². The van der Waals surface area contributed by atoms with Crippen LogP contribution in [0.2, 0.25) is 0 Å². The molecule has 4 nitrogen and oxygen atoms in total. The highest BCUT2D eigenvalue weighted by Crippen LogP contribution is 2.06. The highest BCUT2D eigenvalue weighted by Gasteiger charge is 1.92. The van der Waals surface area contributed by atoms with Crippen LogP contribution in [-0.4, -0.2) is 15.9 Å². The van der Waals surface area contributed by atoms with E-state index in [1.54, 1.807) is 30.3 Å². The second kappa shape index (κ2) is 3.84.